The molecular weight excluding hydrogens is 284 g/mol. The zero-order chi connectivity index (χ0) is 16.9. The molecule has 0 N–H and O–H groups in total. The molecule has 4 nitrogen and oxygen atoms in total. The molecule has 0 radical (unpaired) electrons. The lowest BCUT2D eigenvalue weighted by Gasteiger charge is -2.39. The molecule has 0 aliphatic rings. The minimum atomic E-state index is -2.33. The van der Waals surface area contributed by atoms with E-state index in [1.807, 2.05) is 41.5 Å². The molecule has 0 aromatic rings. The molecular formula is C16H32O4Si. The molecule has 0 saturated heterocycles. The van der Waals surface area contributed by atoms with Crippen molar-refractivity contribution in [2.24, 2.45) is 0 Å². The highest BCUT2D eigenvalue weighted by Gasteiger charge is 2.39. The second kappa shape index (κ2) is 7.56. The lowest BCUT2D eigenvalue weighted by atomic mass is 10.2. The fourth-order valence-corrected chi connectivity index (χ4v) is 5.72. The van der Waals surface area contributed by atoms with E-state index in [1.165, 1.54) is 0 Å². The molecule has 0 aromatic heterocycles. The molecule has 0 aromatic carbocycles. The minimum absolute atomic E-state index is 0.249. The first-order valence-electron chi connectivity index (χ1n) is 7.47. The van der Waals surface area contributed by atoms with E-state index in [4.69, 9.17) is 13.6 Å². The van der Waals surface area contributed by atoms with Gasteiger partial charge in [-0.3, -0.25) is 0 Å². The minimum Gasteiger partial charge on any atom is -0.462 e. The number of hydrogen-bond donors (Lipinski definition) is 0. The average Bonchev–Trinajstić information content (AvgIpc) is 2.18. The Balaban J connectivity index is 4.55. The van der Waals surface area contributed by atoms with Crippen LogP contribution in [0.15, 0.2) is 12.2 Å². The highest BCUT2D eigenvalue weighted by molar-refractivity contribution is 6.66. The lowest BCUT2D eigenvalue weighted by molar-refractivity contribution is -0.139. The van der Waals surface area contributed by atoms with Gasteiger partial charge in [-0.15, -0.1) is 0 Å². The molecule has 0 aliphatic carbocycles. The van der Waals surface area contributed by atoms with E-state index in [2.05, 4.69) is 13.1 Å². The summed E-state index contributed by atoms with van der Waals surface area (Å²) in [5.41, 5.74) is -0.0758. The van der Waals surface area contributed by atoms with E-state index >= 15 is 0 Å². The number of esters is 1. The first-order chi connectivity index (χ1) is 9.24. The standard InChI is InChI=1S/C16H32O4Si/c1-13(2)14(17)18-11-10-12-21(9,19-15(3,4)5)20-16(6,7)8/h1,10-12H2,2-9H3. The molecule has 0 fully saturated rings. The van der Waals surface area contributed by atoms with Gasteiger partial charge in [0.1, 0.15) is 0 Å². The number of carbonyl (C=O) groups excluding carboxylic acids is 1. The number of ether oxygens (including phenoxy) is 1. The van der Waals surface area contributed by atoms with Gasteiger partial charge in [0.2, 0.25) is 0 Å². The summed E-state index contributed by atoms with van der Waals surface area (Å²) in [6.45, 7) is 19.9. The molecule has 0 spiro atoms. The Labute approximate surface area is 131 Å². The van der Waals surface area contributed by atoms with Crippen molar-refractivity contribution in [3.05, 3.63) is 12.2 Å². The third kappa shape index (κ3) is 10.7. The van der Waals surface area contributed by atoms with Crippen molar-refractivity contribution in [3.8, 4) is 0 Å². The van der Waals surface area contributed by atoms with E-state index in [-0.39, 0.29) is 17.2 Å². The molecule has 0 rings (SSSR count). The summed E-state index contributed by atoms with van der Waals surface area (Å²) < 4.78 is 17.6. The first kappa shape index (κ1) is 20.3. The quantitative estimate of drug-likeness (QED) is 0.306. The van der Waals surface area contributed by atoms with Crippen molar-refractivity contribution in [2.45, 2.75) is 78.7 Å². The van der Waals surface area contributed by atoms with Crippen LogP contribution in [0.3, 0.4) is 0 Å². The van der Waals surface area contributed by atoms with Gasteiger partial charge in [0.15, 0.2) is 0 Å². The van der Waals surface area contributed by atoms with E-state index < -0.39 is 8.56 Å². The maximum Gasteiger partial charge on any atom is 0.335 e. The number of rotatable bonds is 7. The zero-order valence-corrected chi connectivity index (χ0v) is 16.0. The van der Waals surface area contributed by atoms with Crippen LogP contribution in [0, 0.1) is 0 Å². The Kier molecular flexibility index (Phi) is 7.33. The summed E-state index contributed by atoms with van der Waals surface area (Å²) in [5, 5.41) is 0. The topological polar surface area (TPSA) is 44.8 Å². The Morgan fingerprint density at radius 3 is 1.81 bits per heavy atom. The molecule has 0 bridgehead atoms. The summed E-state index contributed by atoms with van der Waals surface area (Å²) in [5.74, 6) is -0.341. The van der Waals surface area contributed by atoms with E-state index in [1.54, 1.807) is 6.92 Å². The SMILES string of the molecule is C=C(C)C(=O)OCCC[Si](C)(OC(C)(C)C)OC(C)(C)C. The van der Waals surface area contributed by atoms with Crippen LogP contribution in [-0.4, -0.2) is 32.3 Å². The zero-order valence-electron chi connectivity index (χ0n) is 15.0. The van der Waals surface area contributed by atoms with Gasteiger partial charge >= 0.3 is 14.5 Å². The summed E-state index contributed by atoms with van der Waals surface area (Å²) in [6, 6.07) is 0.783. The predicted octanol–water partition coefficient (Wildman–Crippen LogP) is 4.20. The average molecular weight is 317 g/mol. The van der Waals surface area contributed by atoms with Crippen molar-refractivity contribution in [1.29, 1.82) is 0 Å². The monoisotopic (exact) mass is 316 g/mol. The van der Waals surface area contributed by atoms with Crippen molar-refractivity contribution >= 4 is 14.5 Å². The van der Waals surface area contributed by atoms with E-state index in [9.17, 15) is 4.79 Å². The Morgan fingerprint density at radius 2 is 1.48 bits per heavy atom. The molecule has 5 heteroatoms. The molecule has 0 atom stereocenters. The highest BCUT2D eigenvalue weighted by Crippen LogP contribution is 2.27. The molecule has 0 heterocycles. The molecule has 0 amide bonds. The van der Waals surface area contributed by atoms with Crippen LogP contribution in [0.25, 0.3) is 0 Å². The van der Waals surface area contributed by atoms with Gasteiger partial charge in [-0.05, 0) is 67.5 Å². The van der Waals surface area contributed by atoms with Crippen LogP contribution in [0.4, 0.5) is 0 Å². The van der Waals surface area contributed by atoms with Crippen LogP contribution >= 0.6 is 0 Å². The summed E-state index contributed by atoms with van der Waals surface area (Å²) in [4.78, 5) is 11.4. The van der Waals surface area contributed by atoms with Crippen molar-refractivity contribution < 1.29 is 18.4 Å². The second-order valence-corrected chi connectivity index (χ2v) is 10.8. The maximum absolute atomic E-state index is 11.4. The Hall–Kier alpha value is -0.653. The smallest absolute Gasteiger partial charge is 0.335 e. The maximum atomic E-state index is 11.4. The van der Waals surface area contributed by atoms with Crippen LogP contribution in [0.1, 0.15) is 54.9 Å². The predicted molar refractivity (Wildman–Crippen MR) is 88.5 cm³/mol. The van der Waals surface area contributed by atoms with Gasteiger partial charge in [0, 0.05) is 5.57 Å². The van der Waals surface area contributed by atoms with Crippen molar-refractivity contribution in [1.82, 2.24) is 0 Å². The van der Waals surface area contributed by atoms with Gasteiger partial charge in [0.25, 0.3) is 0 Å². The molecule has 21 heavy (non-hydrogen) atoms. The lowest BCUT2D eigenvalue weighted by Crippen LogP contribution is -2.49. The van der Waals surface area contributed by atoms with Gasteiger partial charge in [-0.25, -0.2) is 4.79 Å². The van der Waals surface area contributed by atoms with Crippen LogP contribution in [0.2, 0.25) is 12.6 Å². The molecule has 124 valence electrons. The van der Waals surface area contributed by atoms with Crippen LogP contribution in [0.5, 0.6) is 0 Å². The van der Waals surface area contributed by atoms with Crippen LogP contribution in [-0.2, 0) is 18.4 Å². The highest BCUT2D eigenvalue weighted by atomic mass is 28.4. The molecule has 0 saturated carbocycles. The summed E-state index contributed by atoms with van der Waals surface area (Å²) in [6.07, 6.45) is 0.730. The fourth-order valence-electron chi connectivity index (χ4n) is 2.10. The summed E-state index contributed by atoms with van der Waals surface area (Å²) in [7, 11) is -2.33. The van der Waals surface area contributed by atoms with Crippen molar-refractivity contribution in [3.63, 3.8) is 0 Å². The van der Waals surface area contributed by atoms with E-state index in [0.29, 0.717) is 12.2 Å². The summed E-state index contributed by atoms with van der Waals surface area (Å²) >= 11 is 0. The fraction of sp³-hybridized carbons (Fsp3) is 0.812. The van der Waals surface area contributed by atoms with Gasteiger partial charge < -0.3 is 13.6 Å². The second-order valence-electron chi connectivity index (χ2n) is 7.58. The van der Waals surface area contributed by atoms with Gasteiger partial charge in [0.05, 0.1) is 17.8 Å². The van der Waals surface area contributed by atoms with Gasteiger partial charge in [-0.2, -0.15) is 0 Å². The third-order valence-corrected chi connectivity index (χ3v) is 5.75. The number of carbonyl (C=O) groups is 1. The Morgan fingerprint density at radius 1 is 1.05 bits per heavy atom. The largest absolute Gasteiger partial charge is 0.462 e. The Bertz CT molecular complexity index is 347. The number of hydrogen-bond acceptors (Lipinski definition) is 4. The normalized spacial score (nSPS) is 13.1. The third-order valence-electron chi connectivity index (χ3n) is 2.40. The molecule has 0 aliphatic heterocycles. The first-order valence-corrected chi connectivity index (χ1v) is 9.99. The van der Waals surface area contributed by atoms with E-state index in [0.717, 1.165) is 12.5 Å². The van der Waals surface area contributed by atoms with Gasteiger partial charge in [-0.1, -0.05) is 6.58 Å². The molecule has 0 unspecified atom stereocenters. The van der Waals surface area contributed by atoms with Crippen LogP contribution < -0.4 is 0 Å². The van der Waals surface area contributed by atoms with Crippen molar-refractivity contribution in [2.75, 3.05) is 6.61 Å².